The zero-order valence-electron chi connectivity index (χ0n) is 4.46. The third-order valence-electron chi connectivity index (χ3n) is 0.472. The average Bonchev–Trinajstić information content (AvgIpc) is 1.81. The van der Waals surface area contributed by atoms with Gasteiger partial charge < -0.3 is 4.74 Å². The van der Waals surface area contributed by atoms with Crippen molar-refractivity contribution in [2.75, 3.05) is 0 Å². The van der Waals surface area contributed by atoms with Crippen LogP contribution >= 0.6 is 0 Å². The number of ether oxygens (including phenoxy) is 1. The fraction of sp³-hybridized carbons (Fsp3) is 0.167. The maximum absolute atomic E-state index is 9.51. The monoisotopic (exact) mass is 111 g/mol. The van der Waals surface area contributed by atoms with Crippen LogP contribution in [0.5, 0.6) is 0 Å². The summed E-state index contributed by atoms with van der Waals surface area (Å²) < 4.78 is 4.54. The third kappa shape index (κ3) is 4.95. The Morgan fingerprint density at radius 3 is 3.00 bits per heavy atom. The minimum absolute atomic E-state index is 0.272. The lowest BCUT2D eigenvalue weighted by Crippen LogP contribution is -1.66. The summed E-state index contributed by atoms with van der Waals surface area (Å²) in [6.45, 7) is 3.29. The second kappa shape index (κ2) is 5.95. The Labute approximate surface area is 48.5 Å². The lowest BCUT2D eigenvalue weighted by molar-refractivity contribution is 0.403. The van der Waals surface area contributed by atoms with Crippen LogP contribution in [0.25, 0.3) is 0 Å². The van der Waals surface area contributed by atoms with Crippen LogP contribution in [-0.4, -0.2) is 6.29 Å². The van der Waals surface area contributed by atoms with E-state index in [0.717, 1.165) is 0 Å². The van der Waals surface area contributed by atoms with Crippen molar-refractivity contribution in [3.63, 3.8) is 0 Å². The topological polar surface area (TPSA) is 26.3 Å². The highest BCUT2D eigenvalue weighted by Gasteiger charge is 1.70. The summed E-state index contributed by atoms with van der Waals surface area (Å²) in [6, 6.07) is 0. The highest BCUT2D eigenvalue weighted by Crippen LogP contribution is 1.79. The molecule has 0 atom stereocenters. The predicted molar refractivity (Wildman–Crippen MR) is 30.7 cm³/mol. The molecule has 0 saturated heterocycles. The van der Waals surface area contributed by atoms with Gasteiger partial charge in [-0.05, 0) is 6.08 Å². The first-order valence-corrected chi connectivity index (χ1v) is 2.18. The fourth-order valence-corrected chi connectivity index (χ4v) is 0.207. The summed E-state index contributed by atoms with van der Waals surface area (Å²) in [4.78, 5) is 9.51. The van der Waals surface area contributed by atoms with Gasteiger partial charge in [-0.2, -0.15) is 0 Å². The number of hydrogen-bond donors (Lipinski definition) is 0. The number of rotatable bonds is 4. The van der Waals surface area contributed by atoms with Gasteiger partial charge in [0.25, 0.3) is 0 Å². The van der Waals surface area contributed by atoms with Gasteiger partial charge in [-0.1, -0.05) is 6.58 Å². The summed E-state index contributed by atoms with van der Waals surface area (Å²) in [5.74, 6) is 0. The quantitative estimate of drug-likeness (QED) is 0.509. The van der Waals surface area contributed by atoms with Crippen LogP contribution in [0.4, 0.5) is 0 Å². The lowest BCUT2D eigenvalue weighted by atomic mass is 10.5. The first-order chi connectivity index (χ1) is 3.91. The van der Waals surface area contributed by atoms with E-state index in [1.54, 1.807) is 12.4 Å². The maximum atomic E-state index is 9.51. The van der Waals surface area contributed by atoms with Crippen LogP contribution in [0.2, 0.25) is 0 Å². The van der Waals surface area contributed by atoms with Gasteiger partial charge in [0.2, 0.25) is 6.29 Å². The molecule has 1 radical (unpaired) electrons. The van der Waals surface area contributed by atoms with Crippen molar-refractivity contribution in [3.8, 4) is 0 Å². The molecular weight excluding hydrogens is 104 g/mol. The first kappa shape index (κ1) is 6.95. The van der Waals surface area contributed by atoms with Crippen molar-refractivity contribution in [1.29, 1.82) is 0 Å². The summed E-state index contributed by atoms with van der Waals surface area (Å²) in [5.41, 5.74) is 0. The van der Waals surface area contributed by atoms with Gasteiger partial charge in [-0.15, -0.1) is 0 Å². The molecule has 0 aliphatic carbocycles. The number of allylic oxidation sites excluding steroid dienone is 1. The molecule has 8 heavy (non-hydrogen) atoms. The van der Waals surface area contributed by atoms with E-state index in [2.05, 4.69) is 11.3 Å². The van der Waals surface area contributed by atoms with E-state index >= 15 is 0 Å². The van der Waals surface area contributed by atoms with E-state index in [1.807, 2.05) is 0 Å². The molecule has 0 aromatic heterocycles. The van der Waals surface area contributed by atoms with Crippen molar-refractivity contribution in [2.45, 2.75) is 6.42 Å². The molecule has 0 fully saturated rings. The number of carbonyl (C=O) groups excluding carboxylic acids is 1. The van der Waals surface area contributed by atoms with Gasteiger partial charge in [0.15, 0.2) is 0 Å². The summed E-state index contributed by atoms with van der Waals surface area (Å²) in [7, 11) is 0. The molecule has 0 aromatic carbocycles. The van der Waals surface area contributed by atoms with Crippen LogP contribution in [0.3, 0.4) is 0 Å². The molecule has 2 heteroatoms. The van der Waals surface area contributed by atoms with Gasteiger partial charge in [0.1, 0.15) is 0 Å². The van der Waals surface area contributed by atoms with Crippen molar-refractivity contribution < 1.29 is 9.53 Å². The molecule has 0 saturated carbocycles. The molecule has 43 valence electrons. The highest BCUT2D eigenvalue weighted by molar-refractivity contribution is 5.52. The Bertz CT molecular complexity index is 82.7. The second-order valence-corrected chi connectivity index (χ2v) is 1.02. The number of hydrogen-bond acceptors (Lipinski definition) is 2. The summed E-state index contributed by atoms with van der Waals surface area (Å²) in [6.07, 6.45) is 6.16. The van der Waals surface area contributed by atoms with E-state index in [4.69, 9.17) is 0 Å². The van der Waals surface area contributed by atoms with Gasteiger partial charge in [0, 0.05) is 6.42 Å². The Morgan fingerprint density at radius 1 is 1.75 bits per heavy atom. The zero-order chi connectivity index (χ0) is 6.24. The molecule has 0 aromatic rings. The molecule has 0 aliphatic rings. The van der Waals surface area contributed by atoms with Crippen molar-refractivity contribution >= 4 is 6.29 Å². The van der Waals surface area contributed by atoms with Gasteiger partial charge in [-0.3, -0.25) is 4.79 Å². The van der Waals surface area contributed by atoms with Gasteiger partial charge >= 0.3 is 0 Å². The lowest BCUT2D eigenvalue weighted by Gasteiger charge is -1.81. The average molecular weight is 111 g/mol. The Balaban J connectivity index is 3.06. The molecule has 0 rings (SSSR count). The van der Waals surface area contributed by atoms with Crippen LogP contribution in [0.1, 0.15) is 6.42 Å². The van der Waals surface area contributed by atoms with Crippen molar-refractivity contribution in [2.24, 2.45) is 0 Å². The first-order valence-electron chi connectivity index (χ1n) is 2.18. The van der Waals surface area contributed by atoms with E-state index in [1.165, 1.54) is 12.5 Å². The molecule has 0 aliphatic heterocycles. The highest BCUT2D eigenvalue weighted by atomic mass is 16.5. The Hall–Kier alpha value is -1.05. The molecule has 2 nitrogen and oxygen atoms in total. The molecule has 0 N–H and O–H groups in total. The zero-order valence-corrected chi connectivity index (χ0v) is 4.46. The Morgan fingerprint density at radius 2 is 2.50 bits per heavy atom. The van der Waals surface area contributed by atoms with Crippen molar-refractivity contribution in [3.05, 3.63) is 25.2 Å². The largest absolute Gasteiger partial charge is 0.474 e. The van der Waals surface area contributed by atoms with E-state index in [-0.39, 0.29) is 6.42 Å². The normalized spacial score (nSPS) is 9.00. The second-order valence-electron chi connectivity index (χ2n) is 1.02. The Kier molecular flexibility index (Phi) is 5.17. The van der Waals surface area contributed by atoms with E-state index < -0.39 is 0 Å². The van der Waals surface area contributed by atoms with Gasteiger partial charge in [-0.25, -0.2) is 0 Å². The summed E-state index contributed by atoms with van der Waals surface area (Å²) in [5, 5.41) is 0. The van der Waals surface area contributed by atoms with E-state index in [9.17, 15) is 4.79 Å². The minimum Gasteiger partial charge on any atom is -0.474 e. The maximum Gasteiger partial charge on any atom is 0.202 e. The molecular formula is C6H7O2. The summed E-state index contributed by atoms with van der Waals surface area (Å²) >= 11 is 0. The molecule has 0 bridgehead atoms. The molecule has 0 heterocycles. The van der Waals surface area contributed by atoms with Crippen LogP contribution in [0.15, 0.2) is 25.2 Å². The van der Waals surface area contributed by atoms with Crippen molar-refractivity contribution in [1.82, 2.24) is 0 Å². The third-order valence-corrected chi connectivity index (χ3v) is 0.472. The SMILES string of the molecule is C=COC=CC[C]=O. The predicted octanol–water partition coefficient (Wildman–Crippen LogP) is 1.16. The minimum atomic E-state index is 0.272. The molecule has 0 spiro atoms. The molecule has 0 amide bonds. The smallest absolute Gasteiger partial charge is 0.202 e. The standard InChI is InChI=1S/C6H7O2/c1-2-8-6-4-3-5-7/h2,4,6H,1,3H2. The fourth-order valence-electron chi connectivity index (χ4n) is 0.207. The van der Waals surface area contributed by atoms with Crippen LogP contribution in [-0.2, 0) is 9.53 Å². The van der Waals surface area contributed by atoms with Crippen LogP contribution in [0, 0.1) is 0 Å². The van der Waals surface area contributed by atoms with Crippen LogP contribution < -0.4 is 0 Å². The molecule has 0 unspecified atom stereocenters. The van der Waals surface area contributed by atoms with Gasteiger partial charge in [0.05, 0.1) is 12.5 Å². The van der Waals surface area contributed by atoms with E-state index in [0.29, 0.717) is 0 Å².